The van der Waals surface area contributed by atoms with Crippen molar-refractivity contribution < 1.29 is 4.74 Å². The van der Waals surface area contributed by atoms with E-state index in [-0.39, 0.29) is 16.7 Å². The average molecular weight is 441 g/mol. The van der Waals surface area contributed by atoms with Crippen LogP contribution in [-0.2, 0) is 4.74 Å². The summed E-state index contributed by atoms with van der Waals surface area (Å²) in [5.41, 5.74) is 2.54. The van der Waals surface area contributed by atoms with E-state index in [1.165, 1.54) is 21.5 Å². The summed E-state index contributed by atoms with van der Waals surface area (Å²) >= 11 is 0. The Morgan fingerprint density at radius 1 is 0.781 bits per heavy atom. The zero-order valence-electron chi connectivity index (χ0n) is 20.1. The molecule has 1 aliphatic heterocycles. The van der Waals surface area contributed by atoms with Gasteiger partial charge in [-0.25, -0.2) is 0 Å². The van der Waals surface area contributed by atoms with Crippen molar-refractivity contribution in [1.29, 1.82) is 0 Å². The number of hydrogen-bond donors (Lipinski definition) is 0. The SMILES string of the molecule is CC1(C)CC(c2ccccc2)=CC(C[Si](c2ccccc2)(c2ccccc2)C(C)(C)C)O1. The molecule has 1 nitrogen and oxygen atoms in total. The third-order valence-corrected chi connectivity index (χ3v) is 13.2. The molecule has 0 fully saturated rings. The van der Waals surface area contributed by atoms with E-state index in [2.05, 4.69) is 132 Å². The molecule has 0 bridgehead atoms. The predicted molar refractivity (Wildman–Crippen MR) is 140 cm³/mol. The summed E-state index contributed by atoms with van der Waals surface area (Å²) in [6, 6.07) is 34.3. The Morgan fingerprint density at radius 3 is 1.72 bits per heavy atom. The molecule has 0 saturated carbocycles. The van der Waals surface area contributed by atoms with Gasteiger partial charge in [0.15, 0.2) is 0 Å². The highest BCUT2D eigenvalue weighted by Gasteiger charge is 2.49. The van der Waals surface area contributed by atoms with Gasteiger partial charge in [0.2, 0.25) is 0 Å². The van der Waals surface area contributed by atoms with Crippen LogP contribution >= 0.6 is 0 Å². The molecule has 0 N–H and O–H groups in total. The maximum atomic E-state index is 6.78. The van der Waals surface area contributed by atoms with E-state index in [1.54, 1.807) is 0 Å². The van der Waals surface area contributed by atoms with Crippen LogP contribution in [0.3, 0.4) is 0 Å². The second-order valence-electron chi connectivity index (χ2n) is 10.7. The van der Waals surface area contributed by atoms with Crippen molar-refractivity contribution >= 4 is 24.0 Å². The molecule has 1 unspecified atom stereocenters. The Bertz CT molecular complexity index is 1010. The summed E-state index contributed by atoms with van der Waals surface area (Å²) < 4.78 is 6.78. The zero-order chi connectivity index (χ0) is 22.8. The Balaban J connectivity index is 1.86. The molecule has 32 heavy (non-hydrogen) atoms. The van der Waals surface area contributed by atoms with Crippen LogP contribution in [0.1, 0.15) is 46.6 Å². The summed E-state index contributed by atoms with van der Waals surface area (Å²) in [5.74, 6) is 0. The lowest BCUT2D eigenvalue weighted by Crippen LogP contribution is -2.65. The molecule has 1 heterocycles. The van der Waals surface area contributed by atoms with Crippen molar-refractivity contribution in [3.05, 3.63) is 103 Å². The van der Waals surface area contributed by atoms with Gasteiger partial charge < -0.3 is 4.74 Å². The molecule has 2 heteroatoms. The van der Waals surface area contributed by atoms with Gasteiger partial charge in [-0.2, -0.15) is 0 Å². The van der Waals surface area contributed by atoms with Crippen LogP contribution in [0.5, 0.6) is 0 Å². The van der Waals surface area contributed by atoms with Crippen molar-refractivity contribution in [2.75, 3.05) is 0 Å². The highest BCUT2D eigenvalue weighted by Crippen LogP contribution is 2.43. The van der Waals surface area contributed by atoms with E-state index in [4.69, 9.17) is 4.74 Å². The Morgan fingerprint density at radius 2 is 1.25 bits per heavy atom. The van der Waals surface area contributed by atoms with Gasteiger partial charge in [-0.15, -0.1) is 0 Å². The van der Waals surface area contributed by atoms with E-state index in [0.717, 1.165) is 12.5 Å². The normalized spacial score (nSPS) is 18.8. The van der Waals surface area contributed by atoms with Crippen LogP contribution in [-0.4, -0.2) is 19.8 Å². The van der Waals surface area contributed by atoms with Crippen LogP contribution < -0.4 is 10.4 Å². The monoisotopic (exact) mass is 440 g/mol. The van der Waals surface area contributed by atoms with Gasteiger partial charge >= 0.3 is 0 Å². The van der Waals surface area contributed by atoms with Crippen LogP contribution in [0, 0.1) is 0 Å². The molecule has 3 aromatic rings. The summed E-state index contributed by atoms with van der Waals surface area (Å²) in [6.45, 7) is 11.8. The Hall–Kier alpha value is -2.42. The molecule has 0 spiro atoms. The molecule has 0 aromatic heterocycles. The van der Waals surface area contributed by atoms with Gasteiger partial charge in [-0.05, 0) is 36.1 Å². The Kier molecular flexibility index (Phi) is 6.29. The standard InChI is InChI=1S/C30H36OSi/c1-29(2,3)32(27-17-11-7-12-18-27,28-19-13-8-14-20-28)23-26-21-25(22-30(4,5)31-26)24-15-9-6-10-16-24/h6-21,26H,22-23H2,1-5H3. The van der Waals surface area contributed by atoms with Gasteiger partial charge in [0.25, 0.3) is 0 Å². The van der Waals surface area contributed by atoms with Gasteiger partial charge in [0.05, 0.1) is 11.7 Å². The molecular weight excluding hydrogens is 404 g/mol. The molecule has 1 aliphatic rings. The fourth-order valence-corrected chi connectivity index (χ4v) is 11.0. The molecule has 166 valence electrons. The van der Waals surface area contributed by atoms with E-state index in [0.29, 0.717) is 0 Å². The van der Waals surface area contributed by atoms with Crippen molar-refractivity contribution in [2.45, 2.75) is 63.8 Å². The maximum absolute atomic E-state index is 6.78. The van der Waals surface area contributed by atoms with Crippen molar-refractivity contribution in [3.8, 4) is 0 Å². The van der Waals surface area contributed by atoms with Gasteiger partial charge in [-0.3, -0.25) is 0 Å². The molecule has 0 saturated heterocycles. The summed E-state index contributed by atoms with van der Waals surface area (Å²) in [5, 5.41) is 3.10. The first-order valence-electron chi connectivity index (χ1n) is 11.8. The van der Waals surface area contributed by atoms with Crippen molar-refractivity contribution in [1.82, 2.24) is 0 Å². The van der Waals surface area contributed by atoms with E-state index >= 15 is 0 Å². The van der Waals surface area contributed by atoms with E-state index in [9.17, 15) is 0 Å². The fourth-order valence-electron chi connectivity index (χ4n) is 5.50. The average Bonchev–Trinajstić information content (AvgIpc) is 2.77. The summed E-state index contributed by atoms with van der Waals surface area (Å²) in [6.07, 6.45) is 3.44. The molecular formula is C30H36OSi. The molecule has 4 rings (SSSR count). The fraction of sp³-hybridized carbons (Fsp3) is 0.333. The van der Waals surface area contributed by atoms with Crippen LogP contribution in [0.25, 0.3) is 5.57 Å². The summed E-state index contributed by atoms with van der Waals surface area (Å²) in [7, 11) is -2.20. The number of hydrogen-bond acceptors (Lipinski definition) is 1. The highest BCUT2D eigenvalue weighted by atomic mass is 28.3. The number of benzene rings is 3. The Labute approximate surface area is 195 Å². The highest BCUT2D eigenvalue weighted by molar-refractivity contribution is 7.04. The third kappa shape index (κ3) is 4.53. The van der Waals surface area contributed by atoms with Crippen LogP contribution in [0.2, 0.25) is 11.1 Å². The van der Waals surface area contributed by atoms with Crippen molar-refractivity contribution in [3.63, 3.8) is 0 Å². The minimum Gasteiger partial charge on any atom is -0.368 e. The molecule has 0 aliphatic carbocycles. The lowest BCUT2D eigenvalue weighted by atomic mass is 9.89. The third-order valence-electron chi connectivity index (χ3n) is 6.94. The lowest BCUT2D eigenvalue weighted by molar-refractivity contribution is -0.0469. The minimum absolute atomic E-state index is 0.0836. The molecule has 0 amide bonds. The largest absolute Gasteiger partial charge is 0.368 e. The number of rotatable bonds is 5. The first-order chi connectivity index (χ1) is 15.2. The van der Waals surface area contributed by atoms with E-state index < -0.39 is 8.07 Å². The summed E-state index contributed by atoms with van der Waals surface area (Å²) in [4.78, 5) is 0. The van der Waals surface area contributed by atoms with Gasteiger partial charge in [0, 0.05) is 6.42 Å². The smallest absolute Gasteiger partial charge is 0.126 e. The minimum atomic E-state index is -2.20. The second-order valence-corrected chi connectivity index (χ2v) is 15.6. The maximum Gasteiger partial charge on any atom is 0.126 e. The predicted octanol–water partition coefficient (Wildman–Crippen LogP) is 6.70. The first kappa shape index (κ1) is 22.8. The topological polar surface area (TPSA) is 9.23 Å². The van der Waals surface area contributed by atoms with Crippen LogP contribution in [0.4, 0.5) is 0 Å². The quantitative estimate of drug-likeness (QED) is 0.401. The first-order valence-corrected chi connectivity index (χ1v) is 14.0. The molecule has 3 aromatic carbocycles. The van der Waals surface area contributed by atoms with Gasteiger partial charge in [-0.1, -0.05) is 128 Å². The molecule has 0 radical (unpaired) electrons. The lowest BCUT2D eigenvalue weighted by Gasteiger charge is -2.47. The van der Waals surface area contributed by atoms with Crippen molar-refractivity contribution in [2.24, 2.45) is 0 Å². The number of ether oxygens (including phenoxy) is 1. The van der Waals surface area contributed by atoms with E-state index in [1.807, 2.05) is 0 Å². The zero-order valence-corrected chi connectivity index (χ0v) is 21.1. The van der Waals surface area contributed by atoms with Crippen LogP contribution in [0.15, 0.2) is 97.1 Å². The van der Waals surface area contributed by atoms with Gasteiger partial charge in [0.1, 0.15) is 8.07 Å². The second kappa shape index (κ2) is 8.84. The molecule has 1 atom stereocenters.